The maximum absolute atomic E-state index is 13.0. The summed E-state index contributed by atoms with van der Waals surface area (Å²) >= 11 is 0. The second kappa shape index (κ2) is 8.90. The molecule has 8 heteroatoms. The summed E-state index contributed by atoms with van der Waals surface area (Å²) in [6, 6.07) is 15.1. The number of ether oxygens (including phenoxy) is 2. The molecule has 2 amide bonds. The second-order valence-corrected chi connectivity index (χ2v) is 8.40. The van der Waals surface area contributed by atoms with E-state index >= 15 is 0 Å². The summed E-state index contributed by atoms with van der Waals surface area (Å²) in [5.74, 6) is 2.05. The van der Waals surface area contributed by atoms with E-state index in [0.717, 1.165) is 19.4 Å². The molecule has 2 aromatic heterocycles. The van der Waals surface area contributed by atoms with Crippen LogP contribution >= 0.6 is 0 Å². The van der Waals surface area contributed by atoms with Crippen LogP contribution in [-0.2, 0) is 0 Å². The number of methoxy groups -OCH3 is 1. The number of aromatic nitrogens is 3. The van der Waals surface area contributed by atoms with Gasteiger partial charge in [-0.15, -0.1) is 0 Å². The minimum absolute atomic E-state index is 0.0525. The van der Waals surface area contributed by atoms with Gasteiger partial charge in [0.05, 0.1) is 18.8 Å². The number of nitrogens with one attached hydrogen (secondary N) is 1. The first-order valence-electron chi connectivity index (χ1n) is 11.0. The lowest BCUT2D eigenvalue weighted by atomic mass is 9.77. The predicted molar refractivity (Wildman–Crippen MR) is 120 cm³/mol. The minimum atomic E-state index is -0.0956. The Kier molecular flexibility index (Phi) is 5.66. The SMILES string of the molecule is COc1ccccc1NC(=O)N1C[C@H]2C[C@H](Oc3ccccn3)[C@@H](n3cccn3)C[C@H]2C1. The average Bonchev–Trinajstić information content (AvgIpc) is 3.49. The van der Waals surface area contributed by atoms with Crippen LogP contribution in [0.5, 0.6) is 11.6 Å². The average molecular weight is 434 g/mol. The van der Waals surface area contributed by atoms with Crippen LogP contribution in [0.15, 0.2) is 67.1 Å². The Labute approximate surface area is 187 Å². The van der Waals surface area contributed by atoms with Crippen molar-refractivity contribution in [3.63, 3.8) is 0 Å². The zero-order valence-corrected chi connectivity index (χ0v) is 18.0. The number of nitrogens with zero attached hydrogens (tertiary/aromatic N) is 4. The van der Waals surface area contributed by atoms with E-state index in [-0.39, 0.29) is 18.2 Å². The number of para-hydroxylation sites is 2. The van der Waals surface area contributed by atoms with Crippen LogP contribution in [0.2, 0.25) is 0 Å². The Morgan fingerprint density at radius 3 is 2.59 bits per heavy atom. The molecule has 4 atom stereocenters. The van der Waals surface area contributed by atoms with Crippen molar-refractivity contribution < 1.29 is 14.3 Å². The summed E-state index contributed by atoms with van der Waals surface area (Å²) in [6.07, 6.45) is 7.23. The highest BCUT2D eigenvalue weighted by Crippen LogP contribution is 2.42. The molecule has 1 saturated carbocycles. The van der Waals surface area contributed by atoms with Gasteiger partial charge in [-0.1, -0.05) is 18.2 Å². The number of hydrogen-bond donors (Lipinski definition) is 1. The first-order valence-corrected chi connectivity index (χ1v) is 11.0. The molecule has 0 bridgehead atoms. The molecule has 5 rings (SSSR count). The topological polar surface area (TPSA) is 81.5 Å². The van der Waals surface area contributed by atoms with E-state index in [1.807, 2.05) is 64.3 Å². The maximum atomic E-state index is 13.0. The largest absolute Gasteiger partial charge is 0.495 e. The van der Waals surface area contributed by atoms with Crippen molar-refractivity contribution in [2.45, 2.75) is 25.0 Å². The number of carbonyl (C=O) groups excluding carboxylic acids is 1. The van der Waals surface area contributed by atoms with Crippen molar-refractivity contribution in [1.29, 1.82) is 0 Å². The molecular formula is C24H27N5O3. The molecule has 0 radical (unpaired) electrons. The number of likely N-dealkylation sites (tertiary alicyclic amines) is 1. The van der Waals surface area contributed by atoms with Crippen LogP contribution < -0.4 is 14.8 Å². The summed E-state index contributed by atoms with van der Waals surface area (Å²) < 4.78 is 13.7. The highest BCUT2D eigenvalue weighted by atomic mass is 16.5. The third-order valence-corrected chi connectivity index (χ3v) is 6.50. The first-order chi connectivity index (χ1) is 15.7. The van der Waals surface area contributed by atoms with Gasteiger partial charge in [-0.2, -0.15) is 5.10 Å². The number of amides is 2. The fourth-order valence-corrected chi connectivity index (χ4v) is 4.95. The highest BCUT2D eigenvalue weighted by molar-refractivity contribution is 5.91. The van der Waals surface area contributed by atoms with Gasteiger partial charge in [-0.25, -0.2) is 9.78 Å². The van der Waals surface area contributed by atoms with Crippen molar-refractivity contribution in [2.75, 3.05) is 25.5 Å². The summed E-state index contributed by atoms with van der Waals surface area (Å²) in [5.41, 5.74) is 0.681. The Morgan fingerprint density at radius 1 is 1.03 bits per heavy atom. The molecule has 3 aromatic rings. The Hall–Kier alpha value is -3.55. The van der Waals surface area contributed by atoms with Crippen LogP contribution in [0.25, 0.3) is 0 Å². The van der Waals surface area contributed by atoms with E-state index in [1.54, 1.807) is 19.5 Å². The normalized spacial score (nSPS) is 24.6. The lowest BCUT2D eigenvalue weighted by molar-refractivity contribution is 0.0459. The molecule has 166 valence electrons. The fraction of sp³-hybridized carbons (Fsp3) is 0.375. The molecule has 2 aliphatic rings. The third-order valence-electron chi connectivity index (χ3n) is 6.50. The molecule has 32 heavy (non-hydrogen) atoms. The number of carbonyl (C=O) groups is 1. The fourth-order valence-electron chi connectivity index (χ4n) is 4.95. The minimum Gasteiger partial charge on any atom is -0.495 e. The van der Waals surface area contributed by atoms with Gasteiger partial charge in [-0.05, 0) is 48.9 Å². The second-order valence-electron chi connectivity index (χ2n) is 8.40. The van der Waals surface area contributed by atoms with Crippen LogP contribution in [-0.4, -0.2) is 52.0 Å². The molecule has 1 aliphatic carbocycles. The number of pyridine rings is 1. The van der Waals surface area contributed by atoms with Crippen LogP contribution in [0.4, 0.5) is 10.5 Å². The monoisotopic (exact) mass is 433 g/mol. The Morgan fingerprint density at radius 2 is 1.84 bits per heavy atom. The van der Waals surface area contributed by atoms with Gasteiger partial charge in [0.1, 0.15) is 11.9 Å². The van der Waals surface area contributed by atoms with Crippen molar-refractivity contribution in [3.8, 4) is 11.6 Å². The molecule has 0 unspecified atom stereocenters. The van der Waals surface area contributed by atoms with Gasteiger partial charge in [0.25, 0.3) is 0 Å². The van der Waals surface area contributed by atoms with E-state index in [0.29, 0.717) is 35.7 Å². The van der Waals surface area contributed by atoms with E-state index in [2.05, 4.69) is 15.4 Å². The molecular weight excluding hydrogens is 406 g/mol. The van der Waals surface area contributed by atoms with Gasteiger partial charge < -0.3 is 19.7 Å². The van der Waals surface area contributed by atoms with E-state index in [1.165, 1.54) is 0 Å². The lowest BCUT2D eigenvalue weighted by Crippen LogP contribution is -2.40. The predicted octanol–water partition coefficient (Wildman–Crippen LogP) is 3.85. The van der Waals surface area contributed by atoms with Crippen molar-refractivity contribution in [3.05, 3.63) is 67.1 Å². The number of urea groups is 1. The number of benzene rings is 1. The van der Waals surface area contributed by atoms with Gasteiger partial charge in [0.2, 0.25) is 5.88 Å². The van der Waals surface area contributed by atoms with Gasteiger partial charge >= 0.3 is 6.03 Å². The molecule has 1 saturated heterocycles. The summed E-state index contributed by atoms with van der Waals surface area (Å²) in [4.78, 5) is 19.3. The number of rotatable bonds is 5. The van der Waals surface area contributed by atoms with Gasteiger partial charge in [0.15, 0.2) is 0 Å². The number of fused-ring (bicyclic) bond motifs is 1. The van der Waals surface area contributed by atoms with Gasteiger partial charge in [0, 0.05) is 37.7 Å². The van der Waals surface area contributed by atoms with E-state index < -0.39 is 0 Å². The van der Waals surface area contributed by atoms with Crippen molar-refractivity contribution in [2.24, 2.45) is 11.8 Å². The zero-order valence-electron chi connectivity index (χ0n) is 18.0. The number of hydrogen-bond acceptors (Lipinski definition) is 5. The first kappa shape index (κ1) is 20.4. The van der Waals surface area contributed by atoms with E-state index in [9.17, 15) is 4.79 Å². The molecule has 2 fully saturated rings. The molecule has 3 heterocycles. The molecule has 1 aromatic carbocycles. The summed E-state index contributed by atoms with van der Waals surface area (Å²) in [5, 5.41) is 7.49. The standard InChI is InChI=1S/C24H27N5O3/c1-31-21-8-3-2-7-19(21)27-24(30)28-15-17-13-20(29-12-6-11-26-29)22(14-18(17)16-28)32-23-9-4-5-10-25-23/h2-12,17-18,20,22H,13-16H2,1H3,(H,27,30)/t17-,18+,20-,22-/m0/s1. The quantitative estimate of drug-likeness (QED) is 0.661. The van der Waals surface area contributed by atoms with Crippen LogP contribution in [0.1, 0.15) is 18.9 Å². The molecule has 1 aliphatic heterocycles. The third kappa shape index (κ3) is 4.12. The summed E-state index contributed by atoms with van der Waals surface area (Å²) in [7, 11) is 1.60. The molecule has 8 nitrogen and oxygen atoms in total. The van der Waals surface area contributed by atoms with Crippen LogP contribution in [0.3, 0.4) is 0 Å². The lowest BCUT2D eigenvalue weighted by Gasteiger charge is -2.37. The Bertz CT molecular complexity index is 1040. The van der Waals surface area contributed by atoms with E-state index in [4.69, 9.17) is 9.47 Å². The maximum Gasteiger partial charge on any atom is 0.321 e. The number of anilines is 1. The highest BCUT2D eigenvalue weighted by Gasteiger charge is 2.45. The van der Waals surface area contributed by atoms with Crippen molar-refractivity contribution in [1.82, 2.24) is 19.7 Å². The summed E-state index contributed by atoms with van der Waals surface area (Å²) in [6.45, 7) is 1.43. The molecule has 1 N–H and O–H groups in total. The van der Waals surface area contributed by atoms with Crippen molar-refractivity contribution >= 4 is 11.7 Å². The molecule has 0 spiro atoms. The van der Waals surface area contributed by atoms with Gasteiger partial charge in [-0.3, -0.25) is 4.68 Å². The smallest absolute Gasteiger partial charge is 0.321 e. The van der Waals surface area contributed by atoms with Crippen LogP contribution in [0, 0.1) is 11.8 Å². The Balaban J connectivity index is 1.30. The zero-order chi connectivity index (χ0) is 21.9.